The van der Waals surface area contributed by atoms with Gasteiger partial charge in [-0.3, -0.25) is 9.36 Å². The zero-order valence-corrected chi connectivity index (χ0v) is 22.0. The number of fused-ring (bicyclic) bond motifs is 1. The molecule has 1 aromatic carbocycles. The van der Waals surface area contributed by atoms with E-state index in [-0.39, 0.29) is 17.7 Å². The van der Waals surface area contributed by atoms with Crippen LogP contribution in [0, 0.1) is 0 Å². The van der Waals surface area contributed by atoms with Crippen LogP contribution < -0.4 is 10.2 Å². The highest BCUT2D eigenvalue weighted by Crippen LogP contribution is 2.29. The summed E-state index contributed by atoms with van der Waals surface area (Å²) in [6.45, 7) is 5.44. The van der Waals surface area contributed by atoms with Crippen LogP contribution in [0.15, 0.2) is 30.3 Å². The summed E-state index contributed by atoms with van der Waals surface area (Å²) in [5.74, 6) is 0.599. The Bertz CT molecular complexity index is 1280. The van der Waals surface area contributed by atoms with Gasteiger partial charge in [0, 0.05) is 38.3 Å². The van der Waals surface area contributed by atoms with Crippen molar-refractivity contribution in [3.63, 3.8) is 0 Å². The number of amides is 1. The normalized spacial score (nSPS) is 19.4. The maximum absolute atomic E-state index is 14.1. The molecule has 5 rings (SSSR count). The number of alkyl halides is 2. The van der Waals surface area contributed by atoms with E-state index in [0.717, 1.165) is 12.8 Å². The van der Waals surface area contributed by atoms with Crippen molar-refractivity contribution < 1.29 is 18.3 Å². The van der Waals surface area contributed by atoms with Crippen molar-refractivity contribution in [1.82, 2.24) is 29.3 Å². The van der Waals surface area contributed by atoms with Crippen molar-refractivity contribution in [2.75, 3.05) is 63.7 Å². The van der Waals surface area contributed by atoms with Crippen molar-refractivity contribution in [3.05, 3.63) is 36.2 Å². The van der Waals surface area contributed by atoms with E-state index in [4.69, 9.17) is 4.74 Å². The van der Waals surface area contributed by atoms with E-state index in [2.05, 4.69) is 25.2 Å². The lowest BCUT2D eigenvalue weighted by Crippen LogP contribution is -2.51. The first-order valence-corrected chi connectivity index (χ1v) is 13.0. The number of para-hydroxylation sites is 2. The molecule has 0 saturated carbocycles. The quantitative estimate of drug-likeness (QED) is 0.501. The van der Waals surface area contributed by atoms with Gasteiger partial charge in [0.15, 0.2) is 5.82 Å². The Morgan fingerprint density at radius 3 is 2.58 bits per heavy atom. The molecule has 1 N–H and O–H groups in total. The molecular formula is C26H34F2N8O2. The first-order chi connectivity index (χ1) is 18.3. The Kier molecular flexibility index (Phi) is 7.70. The van der Waals surface area contributed by atoms with Crippen LogP contribution in [-0.2, 0) is 9.53 Å². The van der Waals surface area contributed by atoms with Gasteiger partial charge in [-0.2, -0.15) is 9.97 Å². The SMILES string of the molecule is C[C@H](Nc1nc(N2CCOCC2)cc(-n2c(C(F)F)nc3ccccc32)n1)C(=O)N1CCCC(N(C)C)C1. The molecule has 2 aliphatic heterocycles. The monoisotopic (exact) mass is 528 g/mol. The lowest BCUT2D eigenvalue weighted by atomic mass is 10.0. The number of ether oxygens (including phenoxy) is 1. The minimum atomic E-state index is -2.80. The number of halogens is 2. The maximum atomic E-state index is 14.1. The number of anilines is 2. The predicted molar refractivity (Wildman–Crippen MR) is 141 cm³/mol. The summed E-state index contributed by atoms with van der Waals surface area (Å²) in [4.78, 5) is 32.8. The summed E-state index contributed by atoms with van der Waals surface area (Å²) >= 11 is 0. The van der Waals surface area contributed by atoms with E-state index in [0.29, 0.717) is 62.3 Å². The molecule has 1 unspecified atom stereocenters. The van der Waals surface area contributed by atoms with Crippen LogP contribution >= 0.6 is 0 Å². The highest BCUT2D eigenvalue weighted by molar-refractivity contribution is 5.84. The Morgan fingerprint density at radius 2 is 1.84 bits per heavy atom. The van der Waals surface area contributed by atoms with E-state index in [9.17, 15) is 13.6 Å². The van der Waals surface area contributed by atoms with E-state index >= 15 is 0 Å². The average molecular weight is 529 g/mol. The Balaban J connectivity index is 1.49. The van der Waals surface area contributed by atoms with E-state index < -0.39 is 18.3 Å². The number of likely N-dealkylation sites (tertiary alicyclic amines) is 1. The highest BCUT2D eigenvalue weighted by atomic mass is 19.3. The number of carbonyl (C=O) groups is 1. The van der Waals surface area contributed by atoms with Crippen LogP contribution in [-0.4, -0.2) is 101 Å². The van der Waals surface area contributed by atoms with Gasteiger partial charge in [-0.05, 0) is 46.0 Å². The fourth-order valence-electron chi connectivity index (χ4n) is 5.09. The number of nitrogens with one attached hydrogen (secondary N) is 1. The van der Waals surface area contributed by atoms with Crippen molar-refractivity contribution in [2.24, 2.45) is 0 Å². The third kappa shape index (κ3) is 5.41. The van der Waals surface area contributed by atoms with Crippen molar-refractivity contribution in [1.29, 1.82) is 0 Å². The molecule has 2 saturated heterocycles. The molecule has 2 fully saturated rings. The Hall–Kier alpha value is -3.38. The lowest BCUT2D eigenvalue weighted by Gasteiger charge is -2.37. The van der Waals surface area contributed by atoms with Gasteiger partial charge in [0.05, 0.1) is 24.2 Å². The second kappa shape index (κ2) is 11.2. The summed E-state index contributed by atoms with van der Waals surface area (Å²) in [5, 5.41) is 3.16. The second-order valence-electron chi connectivity index (χ2n) is 10.0. The van der Waals surface area contributed by atoms with E-state index in [1.807, 2.05) is 23.9 Å². The number of nitrogens with zero attached hydrogens (tertiary/aromatic N) is 7. The van der Waals surface area contributed by atoms with Gasteiger partial charge in [-0.1, -0.05) is 12.1 Å². The van der Waals surface area contributed by atoms with Gasteiger partial charge in [0.2, 0.25) is 11.9 Å². The number of aromatic nitrogens is 4. The number of piperidine rings is 1. The molecule has 3 aromatic rings. The molecular weight excluding hydrogens is 494 g/mol. The molecule has 0 aliphatic carbocycles. The van der Waals surface area contributed by atoms with Crippen LogP contribution in [0.4, 0.5) is 20.5 Å². The maximum Gasteiger partial charge on any atom is 0.296 e. The van der Waals surface area contributed by atoms with Crippen molar-refractivity contribution >= 4 is 28.7 Å². The van der Waals surface area contributed by atoms with E-state index in [1.165, 1.54) is 4.57 Å². The number of carbonyl (C=O) groups excluding carboxylic acids is 1. The van der Waals surface area contributed by atoms with Gasteiger partial charge < -0.3 is 24.8 Å². The first kappa shape index (κ1) is 26.2. The van der Waals surface area contributed by atoms with Crippen LogP contribution in [0.5, 0.6) is 0 Å². The largest absolute Gasteiger partial charge is 0.378 e. The van der Waals surface area contributed by atoms with Crippen LogP contribution in [0.1, 0.15) is 32.0 Å². The van der Waals surface area contributed by atoms with Crippen LogP contribution in [0.25, 0.3) is 16.9 Å². The van der Waals surface area contributed by atoms with Gasteiger partial charge in [-0.15, -0.1) is 0 Å². The van der Waals surface area contributed by atoms with E-state index in [1.54, 1.807) is 37.3 Å². The summed E-state index contributed by atoms with van der Waals surface area (Å²) < 4.78 is 35.0. The minimum absolute atomic E-state index is 0.0418. The molecule has 0 bridgehead atoms. The summed E-state index contributed by atoms with van der Waals surface area (Å²) in [6, 6.07) is 8.38. The number of hydrogen-bond acceptors (Lipinski definition) is 8. The number of hydrogen-bond donors (Lipinski definition) is 1. The first-order valence-electron chi connectivity index (χ1n) is 13.0. The Labute approximate surface area is 220 Å². The standard InChI is InChI=1S/C26H34F2N8O2/c1-17(25(37)35-10-6-7-18(16-35)33(2)3)29-26-31-21(34-11-13-38-14-12-34)15-22(32-26)36-20-9-5-4-8-19(20)30-24(36)23(27)28/h4-5,8-9,15,17-18,23H,6-7,10-14,16H2,1-3H3,(H,29,31,32)/t17-,18?/m0/s1. The molecule has 10 nitrogen and oxygen atoms in total. The molecule has 2 aliphatic rings. The van der Waals surface area contributed by atoms with Gasteiger partial charge in [0.25, 0.3) is 6.43 Å². The average Bonchev–Trinajstić information content (AvgIpc) is 3.33. The predicted octanol–water partition coefficient (Wildman–Crippen LogP) is 2.94. The zero-order chi connectivity index (χ0) is 26.8. The fourth-order valence-corrected chi connectivity index (χ4v) is 5.09. The number of likely N-dealkylation sites (N-methyl/N-ethyl adjacent to an activating group) is 1. The molecule has 12 heteroatoms. The molecule has 0 spiro atoms. The smallest absolute Gasteiger partial charge is 0.296 e. The van der Waals surface area contributed by atoms with Crippen molar-refractivity contribution in [2.45, 2.75) is 38.3 Å². The van der Waals surface area contributed by atoms with Gasteiger partial charge in [-0.25, -0.2) is 13.8 Å². The fraction of sp³-hybridized carbons (Fsp3) is 0.538. The molecule has 38 heavy (non-hydrogen) atoms. The van der Waals surface area contributed by atoms with Gasteiger partial charge >= 0.3 is 0 Å². The minimum Gasteiger partial charge on any atom is -0.378 e. The number of morpholine rings is 1. The summed E-state index contributed by atoms with van der Waals surface area (Å²) in [6.07, 6.45) is -0.804. The number of rotatable bonds is 7. The molecule has 0 radical (unpaired) electrons. The summed E-state index contributed by atoms with van der Waals surface area (Å²) in [7, 11) is 4.06. The molecule has 4 heterocycles. The van der Waals surface area contributed by atoms with Crippen LogP contribution in [0.2, 0.25) is 0 Å². The van der Waals surface area contributed by atoms with Crippen LogP contribution in [0.3, 0.4) is 0 Å². The second-order valence-corrected chi connectivity index (χ2v) is 10.0. The molecule has 1 amide bonds. The topological polar surface area (TPSA) is 91.6 Å². The Morgan fingerprint density at radius 1 is 1.11 bits per heavy atom. The molecule has 204 valence electrons. The lowest BCUT2D eigenvalue weighted by molar-refractivity contribution is -0.133. The van der Waals surface area contributed by atoms with Gasteiger partial charge in [0.1, 0.15) is 17.7 Å². The third-order valence-corrected chi connectivity index (χ3v) is 7.20. The number of imidazole rings is 1. The molecule has 2 aromatic heterocycles. The summed E-state index contributed by atoms with van der Waals surface area (Å²) in [5.41, 5.74) is 0.973. The molecule has 2 atom stereocenters. The number of benzene rings is 1. The third-order valence-electron chi connectivity index (χ3n) is 7.20. The van der Waals surface area contributed by atoms with Crippen molar-refractivity contribution in [3.8, 4) is 5.82 Å². The highest BCUT2D eigenvalue weighted by Gasteiger charge is 2.29. The zero-order valence-electron chi connectivity index (χ0n) is 22.0.